The molecular weight excluding hydrogens is 524 g/mol. The van der Waals surface area contributed by atoms with E-state index in [4.69, 9.17) is 27.9 Å². The number of aromatic nitrogens is 3. The number of halogens is 5. The van der Waals surface area contributed by atoms with Crippen molar-refractivity contribution in [2.45, 2.75) is 37.8 Å². The highest BCUT2D eigenvalue weighted by Crippen LogP contribution is 2.34. The average molecular weight is 545 g/mol. The van der Waals surface area contributed by atoms with Crippen LogP contribution in [0, 0.1) is 6.92 Å². The van der Waals surface area contributed by atoms with Gasteiger partial charge in [0.1, 0.15) is 5.75 Å². The van der Waals surface area contributed by atoms with Crippen LogP contribution in [0.2, 0.25) is 10.0 Å². The van der Waals surface area contributed by atoms with Crippen LogP contribution >= 0.6 is 35.0 Å². The van der Waals surface area contributed by atoms with Gasteiger partial charge in [0.25, 0.3) is 0 Å². The van der Waals surface area contributed by atoms with Gasteiger partial charge in [-0.25, -0.2) is 0 Å². The first-order valence-electron chi connectivity index (χ1n) is 10.3. The maximum atomic E-state index is 13.0. The molecule has 2 aromatic carbocycles. The van der Waals surface area contributed by atoms with E-state index in [1.165, 1.54) is 0 Å². The van der Waals surface area contributed by atoms with Crippen molar-refractivity contribution >= 4 is 46.6 Å². The summed E-state index contributed by atoms with van der Waals surface area (Å²) in [6, 6.07) is 8.03. The van der Waals surface area contributed by atoms with E-state index >= 15 is 0 Å². The van der Waals surface area contributed by atoms with E-state index < -0.39 is 23.8 Å². The Bertz CT molecular complexity index is 1230. The number of carbonyl (C=O) groups excluding carboxylic acids is 1. The van der Waals surface area contributed by atoms with Crippen molar-refractivity contribution in [3.8, 4) is 5.75 Å². The molecule has 3 rings (SSSR count). The quantitative estimate of drug-likeness (QED) is 0.232. The Morgan fingerprint density at radius 2 is 1.94 bits per heavy atom. The Morgan fingerprint density at radius 3 is 2.60 bits per heavy atom. The summed E-state index contributed by atoms with van der Waals surface area (Å²) in [6.45, 7) is 7.78. The van der Waals surface area contributed by atoms with Crippen molar-refractivity contribution in [3.63, 3.8) is 0 Å². The number of hydrogen-bond donors (Lipinski definition) is 1. The molecule has 0 spiro atoms. The van der Waals surface area contributed by atoms with Crippen LogP contribution in [0.5, 0.6) is 5.75 Å². The number of alkyl halides is 3. The molecule has 3 aromatic rings. The molecule has 1 aromatic heterocycles. The van der Waals surface area contributed by atoms with Crippen LogP contribution in [0.25, 0.3) is 0 Å². The monoisotopic (exact) mass is 544 g/mol. The molecule has 35 heavy (non-hydrogen) atoms. The third-order valence-electron chi connectivity index (χ3n) is 4.76. The van der Waals surface area contributed by atoms with Crippen LogP contribution in [0.3, 0.4) is 0 Å². The first-order valence-corrected chi connectivity index (χ1v) is 12.0. The molecule has 0 aliphatic rings. The minimum Gasteiger partial charge on any atom is -0.483 e. The van der Waals surface area contributed by atoms with Crippen molar-refractivity contribution in [1.29, 1.82) is 0 Å². The zero-order valence-corrected chi connectivity index (χ0v) is 21.0. The number of benzene rings is 2. The predicted octanol–water partition coefficient (Wildman–Crippen LogP) is 6.97. The second kappa shape index (κ2) is 11.4. The highest BCUT2D eigenvalue weighted by Gasteiger charge is 2.31. The number of nitrogens with zero attached hydrogens (tertiary/aromatic N) is 3. The van der Waals surface area contributed by atoms with Crippen molar-refractivity contribution in [2.75, 3.05) is 11.1 Å². The summed E-state index contributed by atoms with van der Waals surface area (Å²) >= 11 is 13.1. The number of anilines is 1. The number of rotatable bonds is 9. The molecule has 12 heteroatoms. The first-order chi connectivity index (χ1) is 16.5. The summed E-state index contributed by atoms with van der Waals surface area (Å²) in [5, 5.41) is 11.8. The lowest BCUT2D eigenvalue weighted by Gasteiger charge is -2.16. The van der Waals surface area contributed by atoms with E-state index in [1.807, 2.05) is 19.9 Å². The standard InChI is InChI=1S/C23H21Cl2F3N4O2S/c1-4-9-32-21(14(3)34-16-6-8-17(24)13(2)10-16)30-31-22(32)35-12-20(33)29-19-11-15(23(26,27)28)5-7-18(19)25/h4-8,10-11,14H,1,9,12H2,2-3H3,(H,29,33). The number of nitrogens with one attached hydrogen (secondary N) is 1. The predicted molar refractivity (Wildman–Crippen MR) is 131 cm³/mol. The maximum absolute atomic E-state index is 13.0. The van der Waals surface area contributed by atoms with Crippen LogP contribution in [0.1, 0.15) is 30.0 Å². The fraction of sp³-hybridized carbons (Fsp3) is 0.261. The van der Waals surface area contributed by atoms with Gasteiger partial charge in [0, 0.05) is 11.6 Å². The van der Waals surface area contributed by atoms with Gasteiger partial charge in [-0.2, -0.15) is 13.2 Å². The van der Waals surface area contributed by atoms with Crippen molar-refractivity contribution < 1.29 is 22.7 Å². The highest BCUT2D eigenvalue weighted by atomic mass is 35.5. The van der Waals surface area contributed by atoms with Gasteiger partial charge in [-0.3, -0.25) is 9.36 Å². The Labute approximate surface area is 214 Å². The van der Waals surface area contributed by atoms with Crippen molar-refractivity contribution in [3.05, 3.63) is 76.0 Å². The highest BCUT2D eigenvalue weighted by molar-refractivity contribution is 7.99. The number of carbonyl (C=O) groups is 1. The fourth-order valence-electron chi connectivity index (χ4n) is 3.07. The molecule has 1 heterocycles. The van der Waals surface area contributed by atoms with Gasteiger partial charge in [0.05, 0.1) is 22.0 Å². The first kappa shape index (κ1) is 26.9. The molecule has 186 valence electrons. The molecule has 6 nitrogen and oxygen atoms in total. The molecule has 1 N–H and O–H groups in total. The number of allylic oxidation sites excluding steroid dienone is 1. The van der Waals surface area contributed by atoms with Gasteiger partial charge in [0.2, 0.25) is 5.91 Å². The van der Waals surface area contributed by atoms with Crippen LogP contribution < -0.4 is 10.1 Å². The molecule has 0 aliphatic carbocycles. The van der Waals surface area contributed by atoms with Gasteiger partial charge < -0.3 is 10.1 Å². The minimum atomic E-state index is -4.56. The molecule has 1 unspecified atom stereocenters. The molecule has 0 saturated carbocycles. The van der Waals surface area contributed by atoms with E-state index in [9.17, 15) is 18.0 Å². The largest absolute Gasteiger partial charge is 0.483 e. The van der Waals surface area contributed by atoms with Crippen molar-refractivity contribution in [2.24, 2.45) is 0 Å². The molecule has 1 atom stereocenters. The second-order valence-corrected chi connectivity index (χ2v) is 9.20. The topological polar surface area (TPSA) is 69.0 Å². The van der Waals surface area contributed by atoms with E-state index in [-0.39, 0.29) is 16.5 Å². The van der Waals surface area contributed by atoms with E-state index in [2.05, 4.69) is 22.1 Å². The molecule has 0 bridgehead atoms. The summed E-state index contributed by atoms with van der Waals surface area (Å²) in [5.74, 6) is 0.445. The van der Waals surface area contributed by atoms with Gasteiger partial charge in [-0.1, -0.05) is 41.0 Å². The fourth-order valence-corrected chi connectivity index (χ4v) is 4.11. The van der Waals surface area contributed by atoms with Gasteiger partial charge in [-0.05, 0) is 55.8 Å². The zero-order chi connectivity index (χ0) is 25.8. The summed E-state index contributed by atoms with van der Waals surface area (Å²) in [5.41, 5.74) is -0.169. The van der Waals surface area contributed by atoms with Crippen LogP contribution in [-0.4, -0.2) is 26.4 Å². The van der Waals surface area contributed by atoms with Gasteiger partial charge >= 0.3 is 6.18 Å². The molecular formula is C23H21Cl2F3N4O2S. The SMILES string of the molecule is C=CCn1c(SCC(=O)Nc2cc(C(F)(F)F)ccc2Cl)nnc1C(C)Oc1ccc(Cl)c(C)c1. The third-order valence-corrected chi connectivity index (χ3v) is 6.48. The molecule has 0 aliphatic heterocycles. The number of hydrogen-bond acceptors (Lipinski definition) is 5. The van der Waals surface area contributed by atoms with Crippen LogP contribution in [0.15, 0.2) is 54.2 Å². The molecule has 0 saturated heterocycles. The number of thioether (sulfide) groups is 1. The maximum Gasteiger partial charge on any atom is 0.416 e. The second-order valence-electron chi connectivity index (χ2n) is 7.44. The summed E-state index contributed by atoms with van der Waals surface area (Å²) in [6.07, 6.45) is -3.38. The molecule has 0 radical (unpaired) electrons. The molecule has 0 fully saturated rings. The Balaban J connectivity index is 1.70. The number of amides is 1. The van der Waals surface area contributed by atoms with Crippen molar-refractivity contribution in [1.82, 2.24) is 14.8 Å². The Hall–Kier alpha value is -2.69. The van der Waals surface area contributed by atoms with Gasteiger partial charge in [-0.15, -0.1) is 16.8 Å². The average Bonchev–Trinajstić information content (AvgIpc) is 3.18. The lowest BCUT2D eigenvalue weighted by atomic mass is 10.2. The lowest BCUT2D eigenvalue weighted by molar-refractivity contribution is -0.137. The smallest absolute Gasteiger partial charge is 0.416 e. The normalized spacial score (nSPS) is 12.3. The van der Waals surface area contributed by atoms with E-state index in [1.54, 1.807) is 22.8 Å². The minimum absolute atomic E-state index is 0.00290. The summed E-state index contributed by atoms with van der Waals surface area (Å²) < 4.78 is 46.6. The zero-order valence-electron chi connectivity index (χ0n) is 18.7. The Morgan fingerprint density at radius 1 is 1.23 bits per heavy atom. The third kappa shape index (κ3) is 6.93. The Kier molecular flexibility index (Phi) is 8.74. The summed E-state index contributed by atoms with van der Waals surface area (Å²) in [7, 11) is 0. The number of ether oxygens (including phenoxy) is 1. The number of aryl methyl sites for hydroxylation is 1. The summed E-state index contributed by atoms with van der Waals surface area (Å²) in [4.78, 5) is 12.4. The van der Waals surface area contributed by atoms with Crippen LogP contribution in [-0.2, 0) is 17.5 Å². The van der Waals surface area contributed by atoms with Crippen LogP contribution in [0.4, 0.5) is 18.9 Å². The van der Waals surface area contributed by atoms with Gasteiger partial charge in [0.15, 0.2) is 17.1 Å². The molecule has 1 amide bonds. The lowest BCUT2D eigenvalue weighted by Crippen LogP contribution is -2.16. The van der Waals surface area contributed by atoms with E-state index in [0.29, 0.717) is 28.3 Å². The van der Waals surface area contributed by atoms with E-state index in [0.717, 1.165) is 35.5 Å².